The Kier molecular flexibility index (Phi) is 4.47. The summed E-state index contributed by atoms with van der Waals surface area (Å²) in [5, 5.41) is 3.80. The van der Waals surface area contributed by atoms with Gasteiger partial charge in [-0.05, 0) is 36.4 Å². The molecule has 3 aromatic rings. The highest BCUT2D eigenvalue weighted by Crippen LogP contribution is 2.20. The molecule has 4 nitrogen and oxygen atoms in total. The van der Waals surface area contributed by atoms with Gasteiger partial charge >= 0.3 is 0 Å². The number of ether oxygens (including phenoxy) is 1. The van der Waals surface area contributed by atoms with Gasteiger partial charge in [0.25, 0.3) is 0 Å². The summed E-state index contributed by atoms with van der Waals surface area (Å²) in [5.41, 5.74) is 1.43. The average molecular weight is 310 g/mol. The number of fused-ring (bicyclic) bond motifs is 1. The molecule has 0 aliphatic rings. The number of hydrogen-bond acceptors (Lipinski definition) is 3. The molecule has 1 amide bonds. The van der Waals surface area contributed by atoms with Crippen molar-refractivity contribution in [1.29, 1.82) is 0 Å². The first-order chi connectivity index (χ1) is 11.2. The van der Waals surface area contributed by atoms with Crippen molar-refractivity contribution in [1.82, 2.24) is 4.98 Å². The van der Waals surface area contributed by atoms with E-state index in [1.54, 1.807) is 6.20 Å². The number of anilines is 1. The molecule has 0 spiro atoms. The zero-order chi connectivity index (χ0) is 16.1. The lowest BCUT2D eigenvalue weighted by molar-refractivity contribution is -0.116. The molecule has 0 unspecified atom stereocenters. The highest BCUT2D eigenvalue weighted by molar-refractivity contribution is 6.00. The Morgan fingerprint density at radius 3 is 2.70 bits per heavy atom. The van der Waals surface area contributed by atoms with Gasteiger partial charge in [0.1, 0.15) is 11.6 Å². The molecular weight excluding hydrogens is 295 g/mol. The highest BCUT2D eigenvalue weighted by Gasteiger charge is 2.07. The van der Waals surface area contributed by atoms with E-state index in [1.165, 1.54) is 24.3 Å². The number of pyridine rings is 1. The van der Waals surface area contributed by atoms with Gasteiger partial charge in [-0.25, -0.2) is 4.39 Å². The summed E-state index contributed by atoms with van der Waals surface area (Å²) in [6.45, 7) is 0.218. The van der Waals surface area contributed by atoms with E-state index in [-0.39, 0.29) is 24.8 Å². The summed E-state index contributed by atoms with van der Waals surface area (Å²) in [6, 6.07) is 15.1. The van der Waals surface area contributed by atoms with Crippen LogP contribution in [-0.2, 0) is 4.79 Å². The average Bonchev–Trinajstić information content (AvgIpc) is 2.57. The lowest BCUT2D eigenvalue weighted by Gasteiger charge is -2.09. The molecule has 1 aromatic heterocycles. The van der Waals surface area contributed by atoms with Gasteiger partial charge in [0.05, 0.1) is 24.2 Å². The minimum Gasteiger partial charge on any atom is -0.493 e. The fourth-order valence-electron chi connectivity index (χ4n) is 2.21. The minimum atomic E-state index is -0.321. The van der Waals surface area contributed by atoms with Gasteiger partial charge < -0.3 is 10.1 Å². The maximum atomic E-state index is 12.8. The van der Waals surface area contributed by atoms with Crippen molar-refractivity contribution in [2.45, 2.75) is 6.42 Å². The van der Waals surface area contributed by atoms with Crippen LogP contribution in [0.3, 0.4) is 0 Å². The molecule has 0 aliphatic heterocycles. The van der Waals surface area contributed by atoms with E-state index in [1.807, 2.05) is 30.3 Å². The zero-order valence-corrected chi connectivity index (χ0v) is 12.3. The molecule has 23 heavy (non-hydrogen) atoms. The summed E-state index contributed by atoms with van der Waals surface area (Å²) in [4.78, 5) is 16.3. The van der Waals surface area contributed by atoms with Crippen LogP contribution < -0.4 is 10.1 Å². The molecule has 0 bridgehead atoms. The van der Waals surface area contributed by atoms with Gasteiger partial charge in [-0.1, -0.05) is 18.2 Å². The topological polar surface area (TPSA) is 51.2 Å². The SMILES string of the molecule is O=C(CCOc1ccc(F)cc1)Nc1cccc2cccnc12. The van der Waals surface area contributed by atoms with Crippen LogP contribution in [0.5, 0.6) is 5.75 Å². The fourth-order valence-corrected chi connectivity index (χ4v) is 2.21. The molecule has 0 atom stereocenters. The second-order valence-electron chi connectivity index (χ2n) is 4.98. The van der Waals surface area contributed by atoms with Gasteiger partial charge in [-0.15, -0.1) is 0 Å². The number of nitrogens with zero attached hydrogens (tertiary/aromatic N) is 1. The third-order valence-electron chi connectivity index (χ3n) is 3.32. The van der Waals surface area contributed by atoms with E-state index in [0.29, 0.717) is 11.4 Å². The predicted octanol–water partition coefficient (Wildman–Crippen LogP) is 3.78. The van der Waals surface area contributed by atoms with Gasteiger partial charge in [-0.2, -0.15) is 0 Å². The second-order valence-corrected chi connectivity index (χ2v) is 4.98. The summed E-state index contributed by atoms with van der Waals surface area (Å²) < 4.78 is 18.2. The molecule has 1 heterocycles. The van der Waals surface area contributed by atoms with Crippen molar-refractivity contribution >= 4 is 22.5 Å². The fraction of sp³-hybridized carbons (Fsp3) is 0.111. The predicted molar refractivity (Wildman–Crippen MR) is 86.9 cm³/mol. The lowest BCUT2D eigenvalue weighted by Crippen LogP contribution is -2.15. The van der Waals surface area contributed by atoms with Crippen molar-refractivity contribution in [3.8, 4) is 5.75 Å². The van der Waals surface area contributed by atoms with Crippen LogP contribution in [0.25, 0.3) is 10.9 Å². The highest BCUT2D eigenvalue weighted by atomic mass is 19.1. The molecule has 2 aromatic carbocycles. The second kappa shape index (κ2) is 6.87. The minimum absolute atomic E-state index is 0.162. The molecule has 1 N–H and O–H groups in total. The summed E-state index contributed by atoms with van der Waals surface area (Å²) in [5.74, 6) is 0.0508. The summed E-state index contributed by atoms with van der Waals surface area (Å²) in [6.07, 6.45) is 1.89. The number of nitrogens with one attached hydrogen (secondary N) is 1. The monoisotopic (exact) mass is 310 g/mol. The number of carbonyl (C=O) groups excluding carboxylic acids is 1. The third-order valence-corrected chi connectivity index (χ3v) is 3.32. The number of rotatable bonds is 5. The van der Waals surface area contributed by atoms with Gasteiger partial charge in [0, 0.05) is 11.6 Å². The quantitative estimate of drug-likeness (QED) is 0.780. The van der Waals surface area contributed by atoms with Crippen LogP contribution in [0.1, 0.15) is 6.42 Å². The van der Waals surface area contributed by atoms with E-state index in [9.17, 15) is 9.18 Å². The Labute approximate surface area is 132 Å². The number of carbonyl (C=O) groups is 1. The normalized spacial score (nSPS) is 10.5. The summed E-state index contributed by atoms with van der Waals surface area (Å²) >= 11 is 0. The third kappa shape index (κ3) is 3.83. The van der Waals surface area contributed by atoms with Crippen LogP contribution in [0.15, 0.2) is 60.8 Å². The van der Waals surface area contributed by atoms with Crippen LogP contribution >= 0.6 is 0 Å². The van der Waals surface area contributed by atoms with Crippen molar-refractivity contribution < 1.29 is 13.9 Å². The van der Waals surface area contributed by atoms with E-state index < -0.39 is 0 Å². The number of benzene rings is 2. The maximum Gasteiger partial charge on any atom is 0.227 e. The first-order valence-corrected chi connectivity index (χ1v) is 7.24. The van der Waals surface area contributed by atoms with Gasteiger partial charge in [0.2, 0.25) is 5.91 Å². The van der Waals surface area contributed by atoms with Crippen LogP contribution in [-0.4, -0.2) is 17.5 Å². The van der Waals surface area contributed by atoms with E-state index in [0.717, 1.165) is 10.9 Å². The molecule has 0 saturated carbocycles. The Hall–Kier alpha value is -2.95. The molecule has 0 radical (unpaired) electrons. The number of amides is 1. The van der Waals surface area contributed by atoms with Crippen LogP contribution in [0.4, 0.5) is 10.1 Å². The van der Waals surface area contributed by atoms with E-state index in [4.69, 9.17) is 4.74 Å². The first kappa shape index (κ1) is 15.0. The number of halogens is 1. The molecule has 5 heteroatoms. The maximum absolute atomic E-state index is 12.8. The molecule has 0 saturated heterocycles. The molecule has 116 valence electrons. The lowest BCUT2D eigenvalue weighted by atomic mass is 10.2. The van der Waals surface area contributed by atoms with Crippen molar-refractivity contribution in [3.63, 3.8) is 0 Å². The number of hydrogen-bond donors (Lipinski definition) is 1. The van der Waals surface area contributed by atoms with Crippen LogP contribution in [0.2, 0.25) is 0 Å². The Bertz CT molecular complexity index is 813. The molecule has 0 fully saturated rings. The standard InChI is InChI=1S/C18H15FN2O2/c19-14-6-8-15(9-7-14)23-12-10-17(22)21-16-5-1-3-13-4-2-11-20-18(13)16/h1-9,11H,10,12H2,(H,21,22). The van der Waals surface area contributed by atoms with E-state index >= 15 is 0 Å². The first-order valence-electron chi connectivity index (χ1n) is 7.24. The Morgan fingerprint density at radius 1 is 1.09 bits per heavy atom. The van der Waals surface area contributed by atoms with Crippen molar-refractivity contribution in [2.75, 3.05) is 11.9 Å². The number of aromatic nitrogens is 1. The molecule has 0 aliphatic carbocycles. The van der Waals surface area contributed by atoms with Crippen molar-refractivity contribution in [3.05, 3.63) is 66.6 Å². The van der Waals surface area contributed by atoms with E-state index in [2.05, 4.69) is 10.3 Å². The summed E-state index contributed by atoms with van der Waals surface area (Å²) in [7, 11) is 0. The molecular formula is C18H15FN2O2. The number of para-hydroxylation sites is 1. The van der Waals surface area contributed by atoms with Gasteiger partial charge in [-0.3, -0.25) is 9.78 Å². The smallest absolute Gasteiger partial charge is 0.227 e. The van der Waals surface area contributed by atoms with Crippen LogP contribution in [0, 0.1) is 5.82 Å². The largest absolute Gasteiger partial charge is 0.493 e. The Balaban J connectivity index is 1.57. The Morgan fingerprint density at radius 2 is 1.87 bits per heavy atom. The molecule has 3 rings (SSSR count). The van der Waals surface area contributed by atoms with Crippen molar-refractivity contribution in [2.24, 2.45) is 0 Å². The zero-order valence-electron chi connectivity index (χ0n) is 12.3. The van der Waals surface area contributed by atoms with Gasteiger partial charge in [0.15, 0.2) is 0 Å².